The van der Waals surface area contributed by atoms with Gasteiger partial charge in [-0.25, -0.2) is 0 Å². The van der Waals surface area contributed by atoms with Crippen LogP contribution in [0.4, 0.5) is 0 Å². The summed E-state index contributed by atoms with van der Waals surface area (Å²) in [7, 11) is 0. The largest absolute Gasteiger partial charge is 3.00 e. The quantitative estimate of drug-likeness (QED) is 0.0910. The number of hydrogen-bond donors (Lipinski definition) is 2. The van der Waals surface area contributed by atoms with Gasteiger partial charge in [0.1, 0.15) is 0 Å². The Morgan fingerprint density at radius 1 is 0.683 bits per heavy atom. The minimum atomic E-state index is -1.66. The van der Waals surface area contributed by atoms with E-state index in [1.54, 1.807) is 0 Å². The maximum absolute atomic E-state index is 13.3. The van der Waals surface area contributed by atoms with Gasteiger partial charge < -0.3 is 69.8 Å². The number of carboxylic acid groups (broad SMARTS) is 6. The summed E-state index contributed by atoms with van der Waals surface area (Å²) >= 11 is 0. The van der Waals surface area contributed by atoms with E-state index in [9.17, 15) is 69.3 Å². The van der Waals surface area contributed by atoms with Gasteiger partial charge in [0, 0.05) is 70.8 Å². The van der Waals surface area contributed by atoms with Crippen LogP contribution in [0.3, 0.4) is 0 Å². The summed E-state index contributed by atoms with van der Waals surface area (Å²) in [6.07, 6.45) is 6.37. The Hall–Kier alpha value is -2.55. The van der Waals surface area contributed by atoms with Crippen LogP contribution in [0.2, 0.25) is 0 Å². The summed E-state index contributed by atoms with van der Waals surface area (Å²) in [4.78, 5) is 85.1. The summed E-state index contributed by atoms with van der Waals surface area (Å²) in [5, 5.41) is 83.6. The van der Waals surface area contributed by atoms with Gasteiger partial charge in [-0.05, 0) is 117 Å². The molecule has 18 nitrogen and oxygen atoms in total. The molecule has 4 aliphatic carbocycles. The van der Waals surface area contributed by atoms with Crippen molar-refractivity contribution in [2.45, 2.75) is 116 Å². The second-order valence-electron chi connectivity index (χ2n) is 18.2. The SMILES string of the molecule is CC(CCC(=O)[O-])C1CCC2C3CCC4CC(NC(=O)CCC(C(=O)[O-])N(CCN(CCN(CC(=O)[O-])CC(=O)[O-])CC(=O)[O-])CC(=O)[O-])CCC4(C)C3CC(O)C12C.[Gd+3]. The molecule has 11 atom stereocenters. The number of carboxylic acids is 6. The second kappa shape index (κ2) is 22.7. The maximum atomic E-state index is 13.3. The third-order valence-corrected chi connectivity index (χ3v) is 14.9. The van der Waals surface area contributed by atoms with Crippen molar-refractivity contribution in [2.24, 2.45) is 46.3 Å². The molecule has 4 fully saturated rings. The Labute approximate surface area is 383 Å². The molecule has 0 bridgehead atoms. The summed E-state index contributed by atoms with van der Waals surface area (Å²) in [6, 6.07) is -1.74. The van der Waals surface area contributed by atoms with Crippen molar-refractivity contribution in [3.63, 3.8) is 0 Å². The first-order valence-electron chi connectivity index (χ1n) is 21.0. The fourth-order valence-corrected chi connectivity index (χ4v) is 12.0. The Morgan fingerprint density at radius 3 is 1.85 bits per heavy atom. The van der Waals surface area contributed by atoms with E-state index in [0.29, 0.717) is 42.9 Å². The molecule has 4 rings (SSSR count). The molecule has 4 aliphatic rings. The number of aliphatic hydroxyl groups is 1. The first kappa shape index (κ1) is 51.8. The third kappa shape index (κ3) is 13.2. The van der Waals surface area contributed by atoms with E-state index in [0.717, 1.165) is 48.3 Å². The van der Waals surface area contributed by atoms with Crippen molar-refractivity contribution in [2.75, 3.05) is 52.4 Å². The smallest absolute Gasteiger partial charge is 0.550 e. The fraction of sp³-hybridized carbons (Fsp3) is 0.829. The van der Waals surface area contributed by atoms with E-state index >= 15 is 0 Å². The second-order valence-corrected chi connectivity index (χ2v) is 18.2. The Morgan fingerprint density at radius 2 is 1.27 bits per heavy atom. The first-order valence-corrected chi connectivity index (χ1v) is 21.0. The zero-order chi connectivity index (χ0) is 43.8. The van der Waals surface area contributed by atoms with Crippen LogP contribution in [-0.4, -0.2) is 132 Å². The molecule has 0 aromatic carbocycles. The van der Waals surface area contributed by atoms with Crippen molar-refractivity contribution < 1.29 is 109 Å². The van der Waals surface area contributed by atoms with Gasteiger partial charge in [-0.2, -0.15) is 0 Å². The van der Waals surface area contributed by atoms with Crippen molar-refractivity contribution in [3.8, 4) is 0 Å². The Kier molecular flexibility index (Phi) is 19.6. The van der Waals surface area contributed by atoms with E-state index < -0.39 is 80.0 Å². The normalized spacial score (nSPS) is 30.6. The molecule has 0 aromatic heterocycles. The van der Waals surface area contributed by atoms with Gasteiger partial charge in [0.15, 0.2) is 0 Å². The molecule has 0 saturated heterocycles. The molecule has 1 radical (unpaired) electrons. The topological polar surface area (TPSA) is 300 Å². The van der Waals surface area contributed by atoms with Gasteiger partial charge >= 0.3 is 39.9 Å². The monoisotopic (exact) mass is 990 g/mol. The number of carbonyl (C=O) groups excluding carboxylic acids is 7. The minimum absolute atomic E-state index is 0. The number of aliphatic carboxylic acids is 6. The maximum Gasteiger partial charge on any atom is 3.00 e. The zero-order valence-corrected chi connectivity index (χ0v) is 37.1. The molecule has 0 spiro atoms. The first-order chi connectivity index (χ1) is 27.6. The van der Waals surface area contributed by atoms with Crippen LogP contribution in [0.1, 0.15) is 97.8 Å². The van der Waals surface area contributed by atoms with Crippen molar-refractivity contribution >= 4 is 41.7 Å². The number of amides is 1. The molecular weight excluding hydrogens is 930 g/mol. The summed E-state index contributed by atoms with van der Waals surface area (Å²) in [6.45, 7) is 2.36. The molecular formula is C41H60GdN4O14-3. The number of nitrogens with one attached hydrogen (secondary N) is 1. The standard InChI is InChI=1S/C41H66N4O14.Gd/c1-24(4-11-34(48)49)28-7-8-29-27-6-5-25-18-26(12-13-40(25,2)30(27)19-32(46)41(28,29)3)42-33(47)10-9-31(39(58)59)45(23-38(56)57)17-16-43(20-35(50)51)14-15-44(21-36(52)53)22-37(54)55;/h24-32,46H,4-23H2,1-3H3,(H,42,47)(H,48,49)(H,50,51)(H,52,53)(H,54,55)(H,56,57)(H,58,59);/q;+3/p-6. The van der Waals surface area contributed by atoms with E-state index in [2.05, 4.69) is 26.1 Å². The Bertz CT molecular complexity index is 1540. The van der Waals surface area contributed by atoms with Gasteiger partial charge in [-0.3, -0.25) is 19.5 Å². The minimum Gasteiger partial charge on any atom is -0.550 e. The fourth-order valence-electron chi connectivity index (χ4n) is 12.0. The number of fused-ring (bicyclic) bond motifs is 5. The van der Waals surface area contributed by atoms with Crippen LogP contribution in [0.25, 0.3) is 0 Å². The van der Waals surface area contributed by atoms with Crippen LogP contribution in [0, 0.1) is 86.3 Å². The summed E-state index contributed by atoms with van der Waals surface area (Å²) in [5.41, 5.74) is -0.318. The summed E-state index contributed by atoms with van der Waals surface area (Å²) in [5.74, 6) is -7.66. The van der Waals surface area contributed by atoms with Gasteiger partial charge in [0.25, 0.3) is 0 Å². The molecule has 4 saturated carbocycles. The Balaban J connectivity index is 0.00000961. The van der Waals surface area contributed by atoms with Gasteiger partial charge in [-0.1, -0.05) is 20.8 Å². The average Bonchev–Trinajstić information content (AvgIpc) is 3.49. The third-order valence-electron chi connectivity index (χ3n) is 14.9. The molecule has 0 heterocycles. The predicted octanol–water partition coefficient (Wildman–Crippen LogP) is -5.93. The number of hydrogen-bond acceptors (Lipinski definition) is 17. The van der Waals surface area contributed by atoms with E-state index in [1.807, 2.05) is 0 Å². The van der Waals surface area contributed by atoms with Crippen LogP contribution in [0.5, 0.6) is 0 Å². The molecule has 2 N–H and O–H groups in total. The summed E-state index contributed by atoms with van der Waals surface area (Å²) < 4.78 is 0. The van der Waals surface area contributed by atoms with E-state index in [1.165, 1.54) is 4.90 Å². The number of nitrogens with zero attached hydrogens (tertiary/aromatic N) is 3. The molecule has 0 aromatic rings. The van der Waals surface area contributed by atoms with Crippen LogP contribution in [-0.2, 0) is 33.6 Å². The van der Waals surface area contributed by atoms with Gasteiger partial charge in [0.05, 0.1) is 42.0 Å². The molecule has 11 unspecified atom stereocenters. The van der Waals surface area contributed by atoms with Crippen LogP contribution in [0.15, 0.2) is 0 Å². The number of carbonyl (C=O) groups is 7. The van der Waals surface area contributed by atoms with Crippen LogP contribution < -0.4 is 36.0 Å². The van der Waals surface area contributed by atoms with Crippen LogP contribution >= 0.6 is 0 Å². The molecule has 1 amide bonds. The zero-order valence-electron chi connectivity index (χ0n) is 34.8. The van der Waals surface area contributed by atoms with Crippen molar-refractivity contribution in [1.82, 2.24) is 20.0 Å². The van der Waals surface area contributed by atoms with E-state index in [-0.39, 0.29) is 114 Å². The van der Waals surface area contributed by atoms with Crippen molar-refractivity contribution in [3.05, 3.63) is 0 Å². The average molecular weight is 990 g/mol. The van der Waals surface area contributed by atoms with E-state index in [4.69, 9.17) is 0 Å². The van der Waals surface area contributed by atoms with Gasteiger partial charge in [-0.15, -0.1) is 0 Å². The van der Waals surface area contributed by atoms with Crippen molar-refractivity contribution in [1.29, 1.82) is 0 Å². The predicted molar refractivity (Wildman–Crippen MR) is 194 cm³/mol. The van der Waals surface area contributed by atoms with Gasteiger partial charge in [0.2, 0.25) is 5.91 Å². The molecule has 339 valence electrons. The molecule has 60 heavy (non-hydrogen) atoms. The molecule has 19 heteroatoms. The molecule has 0 aliphatic heterocycles. The number of rotatable bonds is 24. The number of aliphatic hydroxyl groups excluding tert-OH is 1.